The third-order valence-corrected chi connectivity index (χ3v) is 3.82. The monoisotopic (exact) mass is 270 g/mol. The molecule has 3 N–H and O–H groups in total. The molecule has 19 heavy (non-hydrogen) atoms. The van der Waals surface area contributed by atoms with E-state index in [9.17, 15) is 19.5 Å². The van der Waals surface area contributed by atoms with Crippen LogP contribution in [0.2, 0.25) is 0 Å². The van der Waals surface area contributed by atoms with Crippen LogP contribution in [0.25, 0.3) is 0 Å². The zero-order chi connectivity index (χ0) is 14.5. The molecule has 6 nitrogen and oxygen atoms in total. The molecular weight excluding hydrogens is 248 g/mol. The number of aliphatic carboxylic acids is 1. The summed E-state index contributed by atoms with van der Waals surface area (Å²) >= 11 is 0. The Morgan fingerprint density at radius 3 is 2.26 bits per heavy atom. The topological polar surface area (TPSA) is 95.5 Å². The predicted octanol–water partition coefficient (Wildman–Crippen LogP) is 0.662. The van der Waals surface area contributed by atoms with Gasteiger partial charge in [0.1, 0.15) is 5.54 Å². The van der Waals surface area contributed by atoms with Crippen LogP contribution >= 0.6 is 0 Å². The highest BCUT2D eigenvalue weighted by Crippen LogP contribution is 2.33. The normalized spacial score (nSPS) is 26.5. The molecule has 1 aliphatic carbocycles. The smallest absolute Gasteiger partial charge is 0.329 e. The highest BCUT2D eigenvalue weighted by atomic mass is 16.4. The molecule has 0 aromatic carbocycles. The third kappa shape index (κ3) is 4.22. The van der Waals surface area contributed by atoms with Gasteiger partial charge in [-0.25, -0.2) is 4.79 Å². The fourth-order valence-electron chi connectivity index (χ4n) is 2.49. The average molecular weight is 270 g/mol. The van der Waals surface area contributed by atoms with Crippen molar-refractivity contribution in [2.75, 3.05) is 6.54 Å². The lowest BCUT2D eigenvalue weighted by molar-refractivity contribution is -0.149. The van der Waals surface area contributed by atoms with Crippen LogP contribution in [0.5, 0.6) is 0 Å². The average Bonchev–Trinajstić information content (AvgIpc) is 2.37. The first-order chi connectivity index (χ1) is 8.89. The molecule has 0 aromatic heterocycles. The van der Waals surface area contributed by atoms with Gasteiger partial charge in [-0.2, -0.15) is 0 Å². The summed E-state index contributed by atoms with van der Waals surface area (Å²) in [5, 5.41) is 14.3. The van der Waals surface area contributed by atoms with Crippen LogP contribution in [0, 0.1) is 5.92 Å². The maximum atomic E-state index is 11.7. The van der Waals surface area contributed by atoms with Gasteiger partial charge in [0, 0.05) is 6.92 Å². The lowest BCUT2D eigenvalue weighted by Gasteiger charge is -2.37. The summed E-state index contributed by atoms with van der Waals surface area (Å²) in [4.78, 5) is 33.9. The number of rotatable bonds is 5. The molecule has 0 radical (unpaired) electrons. The van der Waals surface area contributed by atoms with E-state index >= 15 is 0 Å². The Balaban J connectivity index is 2.61. The Morgan fingerprint density at radius 2 is 1.84 bits per heavy atom. The minimum atomic E-state index is -1.17. The van der Waals surface area contributed by atoms with Crippen LogP contribution in [-0.2, 0) is 14.4 Å². The van der Waals surface area contributed by atoms with Crippen molar-refractivity contribution in [1.82, 2.24) is 10.6 Å². The molecule has 0 atom stereocenters. The molecule has 0 saturated heterocycles. The first-order valence-corrected chi connectivity index (χ1v) is 6.68. The van der Waals surface area contributed by atoms with Gasteiger partial charge in [-0.1, -0.05) is 13.3 Å². The van der Waals surface area contributed by atoms with Crippen LogP contribution < -0.4 is 10.6 Å². The molecule has 0 unspecified atom stereocenters. The number of carbonyl (C=O) groups is 3. The second kappa shape index (κ2) is 6.54. The summed E-state index contributed by atoms with van der Waals surface area (Å²) in [5.74, 6) is -1.21. The van der Waals surface area contributed by atoms with Gasteiger partial charge in [-0.05, 0) is 31.6 Å². The van der Waals surface area contributed by atoms with Gasteiger partial charge in [0.15, 0.2) is 0 Å². The highest BCUT2D eigenvalue weighted by Gasteiger charge is 2.42. The van der Waals surface area contributed by atoms with Crippen molar-refractivity contribution in [3.8, 4) is 0 Å². The Morgan fingerprint density at radius 1 is 1.26 bits per heavy atom. The van der Waals surface area contributed by atoms with Gasteiger partial charge in [-0.3, -0.25) is 9.59 Å². The van der Waals surface area contributed by atoms with E-state index in [0.29, 0.717) is 18.8 Å². The molecule has 1 rings (SSSR count). The third-order valence-electron chi connectivity index (χ3n) is 3.82. The highest BCUT2D eigenvalue weighted by molar-refractivity contribution is 5.89. The van der Waals surface area contributed by atoms with E-state index in [1.165, 1.54) is 6.92 Å². The Labute approximate surface area is 112 Å². The minimum Gasteiger partial charge on any atom is -0.480 e. The van der Waals surface area contributed by atoms with E-state index in [4.69, 9.17) is 0 Å². The summed E-state index contributed by atoms with van der Waals surface area (Å²) in [5.41, 5.74) is -1.17. The van der Waals surface area contributed by atoms with Gasteiger partial charge < -0.3 is 15.7 Å². The molecule has 1 saturated carbocycles. The van der Waals surface area contributed by atoms with Crippen LogP contribution in [0.15, 0.2) is 0 Å². The fourth-order valence-corrected chi connectivity index (χ4v) is 2.49. The fraction of sp³-hybridized carbons (Fsp3) is 0.769. The van der Waals surface area contributed by atoms with E-state index in [0.717, 1.165) is 19.3 Å². The second-order valence-electron chi connectivity index (χ2n) is 5.20. The summed E-state index contributed by atoms with van der Waals surface area (Å²) in [6, 6.07) is 0. The summed E-state index contributed by atoms with van der Waals surface area (Å²) in [6.07, 6.45) is 3.56. The number of carbonyl (C=O) groups excluding carboxylic acids is 2. The van der Waals surface area contributed by atoms with Gasteiger partial charge in [-0.15, -0.1) is 0 Å². The maximum absolute atomic E-state index is 11.7. The van der Waals surface area contributed by atoms with Gasteiger partial charge in [0.2, 0.25) is 11.8 Å². The van der Waals surface area contributed by atoms with Crippen LogP contribution in [0.1, 0.15) is 46.0 Å². The maximum Gasteiger partial charge on any atom is 0.329 e. The minimum absolute atomic E-state index is 0.179. The van der Waals surface area contributed by atoms with Crippen molar-refractivity contribution < 1.29 is 19.5 Å². The SMILES string of the molecule is CCC1CCC(NC(=O)CNC(C)=O)(C(=O)O)CC1. The molecular formula is C13H22N2O4. The first kappa shape index (κ1) is 15.5. The quantitative estimate of drug-likeness (QED) is 0.684. The molecule has 0 bridgehead atoms. The summed E-state index contributed by atoms with van der Waals surface area (Å²) in [7, 11) is 0. The number of carboxylic acid groups (broad SMARTS) is 1. The Bertz CT molecular complexity index is 360. The molecule has 0 heterocycles. The summed E-state index contributed by atoms with van der Waals surface area (Å²) in [6.45, 7) is 3.22. The van der Waals surface area contributed by atoms with Crippen molar-refractivity contribution >= 4 is 17.8 Å². The summed E-state index contributed by atoms with van der Waals surface area (Å²) < 4.78 is 0. The number of amides is 2. The van der Waals surface area contributed by atoms with E-state index in [2.05, 4.69) is 17.6 Å². The standard InChI is InChI=1S/C13H22N2O4/c1-3-10-4-6-13(7-5-10,12(18)19)15-11(17)8-14-9(2)16/h10H,3-8H2,1-2H3,(H,14,16)(H,15,17)(H,18,19). The predicted molar refractivity (Wildman–Crippen MR) is 69.4 cm³/mol. The molecule has 0 spiro atoms. The van der Waals surface area contributed by atoms with Crippen LogP contribution in [0.3, 0.4) is 0 Å². The lowest BCUT2D eigenvalue weighted by Crippen LogP contribution is -2.58. The Kier molecular flexibility index (Phi) is 5.32. The van der Waals surface area contributed by atoms with Crippen molar-refractivity contribution in [3.63, 3.8) is 0 Å². The second-order valence-corrected chi connectivity index (χ2v) is 5.20. The molecule has 0 aromatic rings. The van der Waals surface area contributed by atoms with Crippen molar-refractivity contribution in [2.24, 2.45) is 5.92 Å². The zero-order valence-corrected chi connectivity index (χ0v) is 11.5. The molecule has 0 aliphatic heterocycles. The molecule has 2 amide bonds. The first-order valence-electron chi connectivity index (χ1n) is 6.68. The number of hydrogen-bond donors (Lipinski definition) is 3. The molecule has 1 fully saturated rings. The lowest BCUT2D eigenvalue weighted by atomic mass is 9.75. The van der Waals surface area contributed by atoms with E-state index in [1.54, 1.807) is 0 Å². The Hall–Kier alpha value is -1.59. The van der Waals surface area contributed by atoms with E-state index < -0.39 is 17.4 Å². The van der Waals surface area contributed by atoms with Crippen molar-refractivity contribution in [2.45, 2.75) is 51.5 Å². The van der Waals surface area contributed by atoms with Crippen molar-refractivity contribution in [3.05, 3.63) is 0 Å². The van der Waals surface area contributed by atoms with E-state index in [1.807, 2.05) is 0 Å². The van der Waals surface area contributed by atoms with E-state index in [-0.39, 0.29) is 12.5 Å². The molecule has 1 aliphatic rings. The largest absolute Gasteiger partial charge is 0.480 e. The van der Waals surface area contributed by atoms with Gasteiger partial charge >= 0.3 is 5.97 Å². The van der Waals surface area contributed by atoms with Crippen LogP contribution in [0.4, 0.5) is 0 Å². The van der Waals surface area contributed by atoms with Gasteiger partial charge in [0.05, 0.1) is 6.54 Å². The van der Waals surface area contributed by atoms with Crippen molar-refractivity contribution in [1.29, 1.82) is 0 Å². The number of hydrogen-bond acceptors (Lipinski definition) is 3. The zero-order valence-electron chi connectivity index (χ0n) is 11.5. The van der Waals surface area contributed by atoms with Gasteiger partial charge in [0.25, 0.3) is 0 Å². The number of nitrogens with one attached hydrogen (secondary N) is 2. The molecule has 108 valence electrons. The number of carboxylic acids is 1. The van der Waals surface area contributed by atoms with Crippen LogP contribution in [-0.4, -0.2) is 35.0 Å². The molecule has 6 heteroatoms.